The van der Waals surface area contributed by atoms with Crippen LogP contribution in [0.25, 0.3) is 0 Å². The maximum atomic E-state index is 11.7. The van der Waals surface area contributed by atoms with Gasteiger partial charge in [-0.3, -0.25) is 4.79 Å². The Labute approximate surface area is 141 Å². The first-order chi connectivity index (χ1) is 10.5. The summed E-state index contributed by atoms with van der Waals surface area (Å²) in [6, 6.07) is 7.42. The second kappa shape index (κ2) is 9.28. The fourth-order valence-electron chi connectivity index (χ4n) is 1.81. The number of nitriles is 1. The Balaban J connectivity index is 2.62. The normalized spacial score (nSPS) is 9.86. The lowest BCUT2D eigenvalue weighted by Gasteiger charge is -2.21. The second-order valence-electron chi connectivity index (χ2n) is 4.42. The van der Waals surface area contributed by atoms with E-state index in [-0.39, 0.29) is 24.9 Å². The van der Waals surface area contributed by atoms with Crippen LogP contribution < -0.4 is 5.32 Å². The number of carboxylic acid groups (broad SMARTS) is 1. The molecule has 0 spiro atoms. The van der Waals surface area contributed by atoms with E-state index in [4.69, 9.17) is 22.0 Å². The summed E-state index contributed by atoms with van der Waals surface area (Å²) in [6.45, 7) is 0.829. The molecule has 0 atom stereocenters. The molecule has 0 saturated heterocycles. The second-order valence-corrected chi connectivity index (χ2v) is 5.54. The van der Waals surface area contributed by atoms with Crippen LogP contribution >= 0.6 is 27.5 Å². The Morgan fingerprint density at radius 3 is 2.68 bits per heavy atom. The Kier molecular flexibility index (Phi) is 7.71. The van der Waals surface area contributed by atoms with E-state index >= 15 is 0 Å². The molecule has 0 radical (unpaired) electrons. The van der Waals surface area contributed by atoms with E-state index in [1.807, 2.05) is 12.1 Å². The maximum absolute atomic E-state index is 11.7. The summed E-state index contributed by atoms with van der Waals surface area (Å²) in [5, 5.41) is 19.6. The zero-order valence-corrected chi connectivity index (χ0v) is 14.0. The molecule has 0 aliphatic rings. The number of hydrogen-bond acceptors (Lipinski definition) is 3. The van der Waals surface area contributed by atoms with Crippen molar-refractivity contribution < 1.29 is 14.7 Å². The zero-order valence-electron chi connectivity index (χ0n) is 11.7. The van der Waals surface area contributed by atoms with Gasteiger partial charge in [0.1, 0.15) is 11.9 Å². The molecule has 1 rings (SSSR count). The maximum Gasteiger partial charge on any atom is 0.404 e. The SMILES string of the molecule is N#Cc1ccc(CCN(CCNC(=O)O)C(=O)CCl)cc1Br. The third kappa shape index (κ3) is 5.92. The fraction of sp³-hybridized carbons (Fsp3) is 0.357. The zero-order chi connectivity index (χ0) is 16.5. The Hall–Kier alpha value is -1.78. The van der Waals surface area contributed by atoms with Crippen molar-refractivity contribution in [3.8, 4) is 6.07 Å². The topological polar surface area (TPSA) is 93.4 Å². The van der Waals surface area contributed by atoms with Crippen molar-refractivity contribution in [2.24, 2.45) is 0 Å². The van der Waals surface area contributed by atoms with Crippen LogP contribution in [0.3, 0.4) is 0 Å². The molecule has 8 heteroatoms. The lowest BCUT2D eigenvalue weighted by Crippen LogP contribution is -2.40. The largest absolute Gasteiger partial charge is 0.465 e. The molecule has 0 saturated carbocycles. The van der Waals surface area contributed by atoms with Gasteiger partial charge >= 0.3 is 6.09 Å². The first-order valence-corrected chi connectivity index (χ1v) is 7.79. The molecular formula is C14H15BrClN3O3. The van der Waals surface area contributed by atoms with Crippen molar-refractivity contribution >= 4 is 39.5 Å². The Bertz CT molecular complexity index is 589. The monoisotopic (exact) mass is 387 g/mol. The molecular weight excluding hydrogens is 374 g/mol. The molecule has 0 aliphatic carbocycles. The average molecular weight is 389 g/mol. The van der Waals surface area contributed by atoms with Crippen LogP contribution in [0.5, 0.6) is 0 Å². The molecule has 6 nitrogen and oxygen atoms in total. The van der Waals surface area contributed by atoms with Gasteiger partial charge in [-0.05, 0) is 40.0 Å². The highest BCUT2D eigenvalue weighted by Crippen LogP contribution is 2.18. The molecule has 0 heterocycles. The summed E-state index contributed by atoms with van der Waals surface area (Å²) in [5.41, 5.74) is 1.51. The molecule has 0 fully saturated rings. The number of nitrogens with one attached hydrogen (secondary N) is 1. The van der Waals surface area contributed by atoms with Crippen LogP contribution in [0, 0.1) is 11.3 Å². The lowest BCUT2D eigenvalue weighted by molar-refractivity contribution is -0.128. The standard InChI is InChI=1S/C14H15BrClN3O3/c15-12-7-10(1-2-11(12)9-17)3-5-19(13(20)8-16)6-4-18-14(21)22/h1-2,7,18H,3-6,8H2,(H,21,22). The smallest absolute Gasteiger partial charge is 0.404 e. The summed E-state index contributed by atoms with van der Waals surface area (Å²) in [5.74, 6) is -0.397. The van der Waals surface area contributed by atoms with Crippen molar-refractivity contribution in [3.63, 3.8) is 0 Å². The van der Waals surface area contributed by atoms with Crippen LogP contribution in [0.2, 0.25) is 0 Å². The number of amides is 2. The van der Waals surface area contributed by atoms with Crippen molar-refractivity contribution in [3.05, 3.63) is 33.8 Å². The van der Waals surface area contributed by atoms with E-state index in [1.165, 1.54) is 4.90 Å². The number of hydrogen-bond donors (Lipinski definition) is 2. The highest BCUT2D eigenvalue weighted by atomic mass is 79.9. The van der Waals surface area contributed by atoms with Gasteiger partial charge in [0.15, 0.2) is 0 Å². The minimum atomic E-state index is -1.13. The van der Waals surface area contributed by atoms with E-state index in [9.17, 15) is 9.59 Å². The highest BCUT2D eigenvalue weighted by Gasteiger charge is 2.13. The van der Waals surface area contributed by atoms with Crippen LogP contribution in [-0.4, -0.2) is 47.5 Å². The van der Waals surface area contributed by atoms with Crippen LogP contribution in [0.4, 0.5) is 4.79 Å². The van der Waals surface area contributed by atoms with Crippen molar-refractivity contribution in [2.45, 2.75) is 6.42 Å². The van der Waals surface area contributed by atoms with Crippen molar-refractivity contribution in [1.82, 2.24) is 10.2 Å². The number of carbonyl (C=O) groups is 2. The molecule has 1 aromatic carbocycles. The number of nitrogens with zero attached hydrogens (tertiary/aromatic N) is 2. The summed E-state index contributed by atoms with van der Waals surface area (Å²) in [7, 11) is 0. The highest BCUT2D eigenvalue weighted by molar-refractivity contribution is 9.10. The van der Waals surface area contributed by atoms with Gasteiger partial charge in [0, 0.05) is 24.1 Å². The van der Waals surface area contributed by atoms with Gasteiger partial charge in [0.2, 0.25) is 5.91 Å². The summed E-state index contributed by atoms with van der Waals surface area (Å²) < 4.78 is 0.704. The molecule has 118 valence electrons. The summed E-state index contributed by atoms with van der Waals surface area (Å²) in [6.07, 6.45) is -0.547. The molecule has 0 aromatic heterocycles. The van der Waals surface area contributed by atoms with Crippen LogP contribution in [-0.2, 0) is 11.2 Å². The Morgan fingerprint density at radius 1 is 1.41 bits per heavy atom. The summed E-state index contributed by atoms with van der Waals surface area (Å²) in [4.78, 5) is 23.7. The fourth-order valence-corrected chi connectivity index (χ4v) is 2.50. The predicted octanol–water partition coefficient (Wildman–Crippen LogP) is 2.20. The number of benzene rings is 1. The molecule has 0 bridgehead atoms. The van der Waals surface area contributed by atoms with Crippen LogP contribution in [0.1, 0.15) is 11.1 Å². The minimum absolute atomic E-state index is 0.148. The number of carbonyl (C=O) groups excluding carboxylic acids is 1. The number of alkyl halides is 1. The Morgan fingerprint density at radius 2 is 2.14 bits per heavy atom. The first kappa shape index (κ1) is 18.3. The third-order valence-electron chi connectivity index (χ3n) is 2.95. The van der Waals surface area contributed by atoms with E-state index in [1.54, 1.807) is 6.07 Å². The molecule has 0 unspecified atom stereocenters. The summed E-state index contributed by atoms with van der Waals surface area (Å²) >= 11 is 8.88. The molecule has 1 aromatic rings. The van der Waals surface area contributed by atoms with Crippen molar-refractivity contribution in [2.75, 3.05) is 25.5 Å². The minimum Gasteiger partial charge on any atom is -0.465 e. The molecule has 2 amide bonds. The van der Waals surface area contributed by atoms with Gasteiger partial charge in [0.25, 0.3) is 0 Å². The van der Waals surface area contributed by atoms with Crippen LogP contribution in [0.15, 0.2) is 22.7 Å². The van der Waals surface area contributed by atoms with Gasteiger partial charge in [-0.1, -0.05) is 6.07 Å². The van der Waals surface area contributed by atoms with Gasteiger partial charge in [-0.15, -0.1) is 11.6 Å². The predicted molar refractivity (Wildman–Crippen MR) is 85.9 cm³/mol. The van der Waals surface area contributed by atoms with E-state index in [0.717, 1.165) is 5.56 Å². The quantitative estimate of drug-likeness (QED) is 0.700. The third-order valence-corrected chi connectivity index (χ3v) is 3.83. The van der Waals surface area contributed by atoms with Gasteiger partial charge in [-0.2, -0.15) is 5.26 Å². The van der Waals surface area contributed by atoms with E-state index in [0.29, 0.717) is 23.0 Å². The first-order valence-electron chi connectivity index (χ1n) is 6.47. The number of rotatable bonds is 7. The van der Waals surface area contributed by atoms with E-state index in [2.05, 4.69) is 27.3 Å². The van der Waals surface area contributed by atoms with Gasteiger partial charge < -0.3 is 15.3 Å². The van der Waals surface area contributed by atoms with Gasteiger partial charge in [0.05, 0.1) is 5.56 Å². The number of halogens is 2. The average Bonchev–Trinajstić information content (AvgIpc) is 2.49. The van der Waals surface area contributed by atoms with E-state index < -0.39 is 6.09 Å². The molecule has 2 N–H and O–H groups in total. The molecule has 0 aliphatic heterocycles. The van der Waals surface area contributed by atoms with Gasteiger partial charge in [-0.25, -0.2) is 4.79 Å². The lowest BCUT2D eigenvalue weighted by atomic mass is 10.1. The van der Waals surface area contributed by atoms with Crippen molar-refractivity contribution in [1.29, 1.82) is 5.26 Å². The molecule has 22 heavy (non-hydrogen) atoms.